The van der Waals surface area contributed by atoms with Gasteiger partial charge in [0.15, 0.2) is 5.82 Å². The first-order valence-corrected chi connectivity index (χ1v) is 12.7. The molecule has 0 aliphatic carbocycles. The highest BCUT2D eigenvalue weighted by molar-refractivity contribution is 6.06. The molecule has 11 heteroatoms. The lowest BCUT2D eigenvalue weighted by atomic mass is 9.97. The highest BCUT2D eigenvalue weighted by atomic mass is 19.4. The number of aromatic nitrogens is 5. The van der Waals surface area contributed by atoms with Gasteiger partial charge in [0.25, 0.3) is 0 Å². The van der Waals surface area contributed by atoms with Crippen LogP contribution in [0.4, 0.5) is 19.1 Å². The summed E-state index contributed by atoms with van der Waals surface area (Å²) in [6.07, 6.45) is -1.07. The minimum Gasteiger partial charge on any atom is -0.406 e. The number of pyridine rings is 1. The number of piperidine rings is 1. The Hall–Kier alpha value is -4.12. The summed E-state index contributed by atoms with van der Waals surface area (Å²) in [5, 5.41) is 19.0. The van der Waals surface area contributed by atoms with Crippen LogP contribution in [0.1, 0.15) is 38.3 Å². The number of anilines is 1. The third-order valence-electron chi connectivity index (χ3n) is 7.15. The van der Waals surface area contributed by atoms with Crippen molar-refractivity contribution in [1.82, 2.24) is 24.7 Å². The van der Waals surface area contributed by atoms with E-state index in [1.807, 2.05) is 18.2 Å². The van der Waals surface area contributed by atoms with Crippen molar-refractivity contribution in [3.63, 3.8) is 0 Å². The molecule has 8 nitrogen and oxygen atoms in total. The van der Waals surface area contributed by atoms with Crippen LogP contribution in [0.3, 0.4) is 0 Å². The van der Waals surface area contributed by atoms with Crippen LogP contribution in [0.5, 0.6) is 5.75 Å². The number of nitrogens with zero attached hydrogens (tertiary/aromatic N) is 5. The van der Waals surface area contributed by atoms with Crippen molar-refractivity contribution in [3.8, 4) is 17.1 Å². The first-order chi connectivity index (χ1) is 18.6. The fourth-order valence-electron chi connectivity index (χ4n) is 5.32. The smallest absolute Gasteiger partial charge is 0.406 e. The Morgan fingerprint density at radius 2 is 1.85 bits per heavy atom. The standard InChI is InChI=1S/C28H27F3N6O2/c1-27(2,38)18-9-12-21-23(15-18)37(22-6-3-13-32-24(21)22)19-5-4-14-36(16-19)26-33-25(34-35-26)17-7-10-20(11-8-17)39-28(29,30)31/h3,6-13,15,19,38H,4-5,14,16H2,1-2H3,(H,33,34,35). The highest BCUT2D eigenvalue weighted by Crippen LogP contribution is 2.37. The van der Waals surface area contributed by atoms with Gasteiger partial charge in [-0.3, -0.25) is 4.98 Å². The molecule has 0 spiro atoms. The van der Waals surface area contributed by atoms with Gasteiger partial charge in [-0.25, -0.2) is 5.10 Å². The molecule has 0 amide bonds. The van der Waals surface area contributed by atoms with Crippen molar-refractivity contribution in [2.24, 2.45) is 0 Å². The van der Waals surface area contributed by atoms with Gasteiger partial charge in [0.1, 0.15) is 5.75 Å². The molecule has 0 bridgehead atoms. The van der Waals surface area contributed by atoms with Gasteiger partial charge < -0.3 is 19.3 Å². The predicted molar refractivity (Wildman–Crippen MR) is 141 cm³/mol. The van der Waals surface area contributed by atoms with Gasteiger partial charge in [0.2, 0.25) is 5.95 Å². The summed E-state index contributed by atoms with van der Waals surface area (Å²) in [6, 6.07) is 15.6. The van der Waals surface area contributed by atoms with E-state index in [1.165, 1.54) is 24.3 Å². The van der Waals surface area contributed by atoms with Gasteiger partial charge >= 0.3 is 6.36 Å². The van der Waals surface area contributed by atoms with Crippen LogP contribution in [0.25, 0.3) is 33.3 Å². The highest BCUT2D eigenvalue weighted by Gasteiger charge is 2.31. The molecular weight excluding hydrogens is 509 g/mol. The number of fused-ring (bicyclic) bond motifs is 3. The van der Waals surface area contributed by atoms with Gasteiger partial charge in [0.05, 0.1) is 28.2 Å². The minimum atomic E-state index is -4.74. The van der Waals surface area contributed by atoms with E-state index >= 15 is 0 Å². The zero-order chi connectivity index (χ0) is 27.4. The summed E-state index contributed by atoms with van der Waals surface area (Å²) in [5.41, 5.74) is 3.41. The molecule has 2 aromatic carbocycles. The van der Waals surface area contributed by atoms with Crippen LogP contribution in [-0.4, -0.2) is 49.3 Å². The molecule has 6 rings (SSSR count). The third kappa shape index (κ3) is 4.89. The Labute approximate surface area is 222 Å². The topological polar surface area (TPSA) is 92.1 Å². The molecule has 5 aromatic rings. The largest absolute Gasteiger partial charge is 0.573 e. The van der Waals surface area contributed by atoms with E-state index in [0.29, 0.717) is 23.9 Å². The van der Waals surface area contributed by atoms with Gasteiger partial charge in [-0.2, -0.15) is 10.1 Å². The summed E-state index contributed by atoms with van der Waals surface area (Å²) in [5.74, 6) is 0.692. The summed E-state index contributed by atoms with van der Waals surface area (Å²) in [7, 11) is 0. The summed E-state index contributed by atoms with van der Waals surface area (Å²) in [6.45, 7) is 5.02. The van der Waals surface area contributed by atoms with Gasteiger partial charge in [0, 0.05) is 30.2 Å². The first-order valence-electron chi connectivity index (χ1n) is 12.7. The number of hydrogen-bond donors (Lipinski definition) is 2. The maximum atomic E-state index is 12.5. The van der Waals surface area contributed by atoms with E-state index in [1.54, 1.807) is 20.0 Å². The Morgan fingerprint density at radius 1 is 1.05 bits per heavy atom. The lowest BCUT2D eigenvalue weighted by Crippen LogP contribution is -2.37. The molecular formula is C28H27F3N6O2. The van der Waals surface area contributed by atoms with Gasteiger partial charge in [-0.15, -0.1) is 13.2 Å². The molecule has 1 aliphatic rings. The molecule has 39 heavy (non-hydrogen) atoms. The SMILES string of the molecule is CC(C)(O)c1ccc2c3ncccc3n(C3CCCN(c4nc(-c5ccc(OC(F)(F)F)cc5)n[nH]4)C3)c2c1. The molecule has 0 radical (unpaired) electrons. The average molecular weight is 537 g/mol. The number of rotatable bonds is 5. The van der Waals surface area contributed by atoms with Crippen molar-refractivity contribution >= 4 is 27.9 Å². The predicted octanol–water partition coefficient (Wildman–Crippen LogP) is 5.94. The zero-order valence-electron chi connectivity index (χ0n) is 21.4. The fourth-order valence-corrected chi connectivity index (χ4v) is 5.32. The monoisotopic (exact) mass is 536 g/mol. The summed E-state index contributed by atoms with van der Waals surface area (Å²) >= 11 is 0. The second kappa shape index (κ2) is 9.26. The van der Waals surface area contributed by atoms with Crippen molar-refractivity contribution in [2.45, 2.75) is 44.7 Å². The fraction of sp³-hybridized carbons (Fsp3) is 0.321. The molecule has 202 valence electrons. The van der Waals surface area contributed by atoms with E-state index in [0.717, 1.165) is 46.9 Å². The van der Waals surface area contributed by atoms with E-state index in [9.17, 15) is 18.3 Å². The Kier molecular flexibility index (Phi) is 5.98. The van der Waals surface area contributed by atoms with Crippen molar-refractivity contribution < 1.29 is 23.0 Å². The van der Waals surface area contributed by atoms with E-state index in [4.69, 9.17) is 0 Å². The number of hydrogen-bond acceptors (Lipinski definition) is 6. The van der Waals surface area contributed by atoms with Crippen molar-refractivity contribution in [3.05, 3.63) is 66.4 Å². The molecule has 1 unspecified atom stereocenters. The minimum absolute atomic E-state index is 0.118. The number of alkyl halides is 3. The van der Waals surface area contributed by atoms with Crippen LogP contribution in [0, 0.1) is 0 Å². The molecule has 1 aliphatic heterocycles. The molecule has 3 aromatic heterocycles. The van der Waals surface area contributed by atoms with E-state index < -0.39 is 12.0 Å². The maximum Gasteiger partial charge on any atom is 0.573 e. The second-order valence-electron chi connectivity index (χ2n) is 10.3. The second-order valence-corrected chi connectivity index (χ2v) is 10.3. The molecule has 4 heterocycles. The normalized spacial score (nSPS) is 16.8. The molecule has 0 saturated carbocycles. The van der Waals surface area contributed by atoms with Crippen LogP contribution in [0.15, 0.2) is 60.8 Å². The number of halogens is 3. The first kappa shape index (κ1) is 25.2. The number of nitrogens with one attached hydrogen (secondary N) is 1. The molecule has 1 saturated heterocycles. The van der Waals surface area contributed by atoms with Crippen LogP contribution < -0.4 is 9.64 Å². The number of aliphatic hydroxyl groups is 1. The zero-order valence-corrected chi connectivity index (χ0v) is 21.4. The van der Waals surface area contributed by atoms with E-state index in [2.05, 4.69) is 46.5 Å². The maximum absolute atomic E-state index is 12.5. The van der Waals surface area contributed by atoms with Gasteiger partial charge in [-0.1, -0.05) is 12.1 Å². The lowest BCUT2D eigenvalue weighted by molar-refractivity contribution is -0.274. The summed E-state index contributed by atoms with van der Waals surface area (Å²) in [4.78, 5) is 11.4. The Bertz CT molecular complexity index is 1640. The Morgan fingerprint density at radius 3 is 2.59 bits per heavy atom. The van der Waals surface area contributed by atoms with Crippen LogP contribution in [-0.2, 0) is 5.60 Å². The summed E-state index contributed by atoms with van der Waals surface area (Å²) < 4.78 is 43.7. The van der Waals surface area contributed by atoms with Crippen LogP contribution >= 0.6 is 0 Å². The molecule has 2 N–H and O–H groups in total. The molecule has 1 fully saturated rings. The third-order valence-corrected chi connectivity index (χ3v) is 7.15. The number of H-pyrrole nitrogens is 1. The van der Waals surface area contributed by atoms with Crippen molar-refractivity contribution in [1.29, 1.82) is 0 Å². The van der Waals surface area contributed by atoms with E-state index in [-0.39, 0.29) is 11.8 Å². The average Bonchev–Trinajstić information content (AvgIpc) is 3.51. The number of benzene rings is 2. The lowest BCUT2D eigenvalue weighted by Gasteiger charge is -2.34. The quantitative estimate of drug-likeness (QED) is 0.289. The number of ether oxygens (including phenoxy) is 1. The van der Waals surface area contributed by atoms with Gasteiger partial charge in [-0.05, 0) is 74.7 Å². The Balaban J connectivity index is 1.30. The van der Waals surface area contributed by atoms with Crippen molar-refractivity contribution in [2.75, 3.05) is 18.0 Å². The number of aromatic amines is 1. The molecule has 1 atom stereocenters. The van der Waals surface area contributed by atoms with Crippen LogP contribution in [0.2, 0.25) is 0 Å².